The molecule has 0 aromatic heterocycles. The highest BCUT2D eigenvalue weighted by atomic mass is 16.5. The zero-order chi connectivity index (χ0) is 12.9. The lowest BCUT2D eigenvalue weighted by Crippen LogP contribution is -2.25. The molecule has 1 rings (SSSR count). The molecule has 0 heterocycles. The Hall–Kier alpha value is -0.200. The van der Waals surface area contributed by atoms with Gasteiger partial charge in [0.15, 0.2) is 0 Å². The van der Waals surface area contributed by atoms with Crippen molar-refractivity contribution in [2.45, 2.75) is 12.8 Å². The molecule has 0 atom stereocenters. The van der Waals surface area contributed by atoms with E-state index >= 15 is 0 Å². The molecule has 1 aliphatic rings. The molecule has 18 heavy (non-hydrogen) atoms. The minimum absolute atomic E-state index is 0.633. The largest absolute Gasteiger partial charge is 0.382 e. The summed E-state index contributed by atoms with van der Waals surface area (Å²) in [6.45, 7) is 6.78. The zero-order valence-electron chi connectivity index (χ0n) is 11.5. The van der Waals surface area contributed by atoms with Crippen molar-refractivity contribution in [3.05, 3.63) is 0 Å². The Labute approximate surface area is 110 Å². The van der Waals surface area contributed by atoms with Crippen LogP contribution >= 0.6 is 0 Å². The fraction of sp³-hybridized carbons (Fsp3) is 1.00. The summed E-state index contributed by atoms with van der Waals surface area (Å²) in [5, 5.41) is 3.28. The van der Waals surface area contributed by atoms with Crippen LogP contribution < -0.4 is 5.32 Å². The van der Waals surface area contributed by atoms with Crippen LogP contribution in [0, 0.1) is 5.92 Å². The molecule has 0 saturated heterocycles. The Morgan fingerprint density at radius 1 is 0.833 bits per heavy atom. The second-order valence-electron chi connectivity index (χ2n) is 4.49. The van der Waals surface area contributed by atoms with Crippen molar-refractivity contribution in [2.24, 2.45) is 5.92 Å². The van der Waals surface area contributed by atoms with E-state index in [0.29, 0.717) is 26.4 Å². The maximum Gasteiger partial charge on any atom is 0.0701 e. The van der Waals surface area contributed by atoms with Crippen molar-refractivity contribution in [1.82, 2.24) is 5.32 Å². The molecular weight excluding hydrogens is 234 g/mol. The van der Waals surface area contributed by atoms with Crippen LogP contribution in [0.2, 0.25) is 0 Å². The second-order valence-corrected chi connectivity index (χ2v) is 4.49. The van der Waals surface area contributed by atoms with Gasteiger partial charge in [-0.05, 0) is 18.8 Å². The Morgan fingerprint density at radius 2 is 1.44 bits per heavy atom. The van der Waals surface area contributed by atoms with E-state index in [2.05, 4.69) is 5.32 Å². The molecule has 0 radical (unpaired) electrons. The molecule has 1 saturated carbocycles. The third-order valence-corrected chi connectivity index (χ3v) is 2.70. The topological polar surface area (TPSA) is 49.0 Å². The van der Waals surface area contributed by atoms with Gasteiger partial charge in [-0.1, -0.05) is 0 Å². The minimum atomic E-state index is 0.633. The van der Waals surface area contributed by atoms with Crippen LogP contribution in [0.25, 0.3) is 0 Å². The van der Waals surface area contributed by atoms with Gasteiger partial charge in [0.1, 0.15) is 0 Å². The number of hydrogen-bond acceptors (Lipinski definition) is 5. The van der Waals surface area contributed by atoms with Gasteiger partial charge in [0.25, 0.3) is 0 Å². The molecule has 1 aliphatic carbocycles. The first-order chi connectivity index (χ1) is 8.93. The smallest absolute Gasteiger partial charge is 0.0701 e. The Kier molecular flexibility index (Phi) is 10.5. The quantitative estimate of drug-likeness (QED) is 0.466. The van der Waals surface area contributed by atoms with E-state index in [4.69, 9.17) is 18.9 Å². The maximum absolute atomic E-state index is 5.51. The highest BCUT2D eigenvalue weighted by Gasteiger charge is 2.20. The summed E-state index contributed by atoms with van der Waals surface area (Å²) < 4.78 is 21.0. The fourth-order valence-electron chi connectivity index (χ4n) is 1.41. The maximum atomic E-state index is 5.51. The van der Waals surface area contributed by atoms with Crippen LogP contribution in [0.15, 0.2) is 0 Å². The molecule has 0 aliphatic heterocycles. The third-order valence-electron chi connectivity index (χ3n) is 2.70. The molecule has 0 amide bonds. The van der Waals surface area contributed by atoms with Gasteiger partial charge in [-0.2, -0.15) is 0 Å². The molecular formula is C13H27NO4. The summed E-state index contributed by atoms with van der Waals surface area (Å²) in [5.41, 5.74) is 0. The van der Waals surface area contributed by atoms with E-state index in [1.165, 1.54) is 12.8 Å². The summed E-state index contributed by atoms with van der Waals surface area (Å²) in [7, 11) is 1.67. The monoisotopic (exact) mass is 261 g/mol. The molecule has 5 heteroatoms. The SMILES string of the molecule is COCCOCCOCCNCCOCC1CC1. The van der Waals surface area contributed by atoms with Crippen molar-refractivity contribution >= 4 is 0 Å². The minimum Gasteiger partial charge on any atom is -0.382 e. The van der Waals surface area contributed by atoms with Gasteiger partial charge in [-0.15, -0.1) is 0 Å². The summed E-state index contributed by atoms with van der Waals surface area (Å²) in [6.07, 6.45) is 2.71. The molecule has 1 fully saturated rings. The van der Waals surface area contributed by atoms with Crippen LogP contribution in [-0.2, 0) is 18.9 Å². The van der Waals surface area contributed by atoms with Crippen LogP contribution in [0.3, 0.4) is 0 Å². The standard InChI is InChI=1S/C13H27NO4/c1-15-8-9-17-11-10-16-6-4-14-5-7-18-12-13-2-3-13/h13-14H,2-12H2,1H3. The number of nitrogens with one attached hydrogen (secondary N) is 1. The van der Waals surface area contributed by atoms with Gasteiger partial charge in [0, 0.05) is 26.8 Å². The van der Waals surface area contributed by atoms with Crippen LogP contribution in [0.5, 0.6) is 0 Å². The molecule has 0 aromatic rings. The first kappa shape index (κ1) is 15.9. The zero-order valence-corrected chi connectivity index (χ0v) is 11.5. The van der Waals surface area contributed by atoms with Crippen molar-refractivity contribution in [2.75, 3.05) is 66.4 Å². The van der Waals surface area contributed by atoms with Crippen LogP contribution in [0.1, 0.15) is 12.8 Å². The van der Waals surface area contributed by atoms with E-state index < -0.39 is 0 Å². The Bertz CT molecular complexity index is 176. The number of ether oxygens (including phenoxy) is 4. The van der Waals surface area contributed by atoms with E-state index in [0.717, 1.165) is 38.8 Å². The van der Waals surface area contributed by atoms with Gasteiger partial charge in [-0.25, -0.2) is 0 Å². The predicted octanol–water partition coefficient (Wildman–Crippen LogP) is 0.682. The average Bonchev–Trinajstić information content (AvgIpc) is 3.19. The van der Waals surface area contributed by atoms with Crippen molar-refractivity contribution < 1.29 is 18.9 Å². The second kappa shape index (κ2) is 11.9. The van der Waals surface area contributed by atoms with Gasteiger partial charge in [0.05, 0.1) is 39.6 Å². The summed E-state index contributed by atoms with van der Waals surface area (Å²) in [6, 6.07) is 0. The molecule has 0 spiro atoms. The molecule has 5 nitrogen and oxygen atoms in total. The normalized spacial score (nSPS) is 15.2. The van der Waals surface area contributed by atoms with Crippen molar-refractivity contribution in [3.63, 3.8) is 0 Å². The summed E-state index contributed by atoms with van der Waals surface area (Å²) in [5.74, 6) is 0.853. The lowest BCUT2D eigenvalue weighted by Gasteiger charge is -2.07. The molecule has 108 valence electrons. The van der Waals surface area contributed by atoms with Gasteiger partial charge in [0.2, 0.25) is 0 Å². The Balaban J connectivity index is 1.60. The molecule has 0 unspecified atom stereocenters. The van der Waals surface area contributed by atoms with Crippen molar-refractivity contribution in [3.8, 4) is 0 Å². The lowest BCUT2D eigenvalue weighted by atomic mass is 10.5. The average molecular weight is 261 g/mol. The lowest BCUT2D eigenvalue weighted by molar-refractivity contribution is 0.0252. The van der Waals surface area contributed by atoms with E-state index in [-0.39, 0.29) is 0 Å². The van der Waals surface area contributed by atoms with Gasteiger partial charge >= 0.3 is 0 Å². The predicted molar refractivity (Wildman–Crippen MR) is 69.9 cm³/mol. The van der Waals surface area contributed by atoms with E-state index in [1.807, 2.05) is 0 Å². The molecule has 0 aromatic carbocycles. The van der Waals surface area contributed by atoms with Gasteiger partial charge in [-0.3, -0.25) is 0 Å². The van der Waals surface area contributed by atoms with E-state index in [1.54, 1.807) is 7.11 Å². The van der Waals surface area contributed by atoms with Crippen LogP contribution in [0.4, 0.5) is 0 Å². The molecule has 0 bridgehead atoms. The van der Waals surface area contributed by atoms with Gasteiger partial charge < -0.3 is 24.3 Å². The van der Waals surface area contributed by atoms with Crippen LogP contribution in [-0.4, -0.2) is 66.4 Å². The first-order valence-corrected chi connectivity index (χ1v) is 6.86. The van der Waals surface area contributed by atoms with Crippen molar-refractivity contribution in [1.29, 1.82) is 0 Å². The summed E-state index contributed by atoms with van der Waals surface area (Å²) in [4.78, 5) is 0. The highest BCUT2D eigenvalue weighted by Crippen LogP contribution is 2.28. The fourth-order valence-corrected chi connectivity index (χ4v) is 1.41. The van der Waals surface area contributed by atoms with E-state index in [9.17, 15) is 0 Å². The Morgan fingerprint density at radius 3 is 2.11 bits per heavy atom. The first-order valence-electron chi connectivity index (χ1n) is 6.86. The molecule has 1 N–H and O–H groups in total. The third kappa shape index (κ3) is 10.9. The number of rotatable bonds is 14. The number of methoxy groups -OCH3 is 1. The summed E-state index contributed by atoms with van der Waals surface area (Å²) >= 11 is 0. The number of hydrogen-bond donors (Lipinski definition) is 1. The highest BCUT2D eigenvalue weighted by molar-refractivity contribution is 4.71.